The van der Waals surface area contributed by atoms with E-state index in [1.165, 1.54) is 244 Å². The molecule has 2 aliphatic heterocycles. The number of unbranched alkanes of at least 4 members (excludes halogenated alkanes) is 40. The van der Waals surface area contributed by atoms with Crippen LogP contribution < -0.4 is 18.4 Å². The number of rotatable bonds is 50. The maximum absolute atomic E-state index is 12.4. The van der Waals surface area contributed by atoms with Gasteiger partial charge in [0.1, 0.15) is 12.3 Å². The summed E-state index contributed by atoms with van der Waals surface area (Å²) in [7, 11) is -9.25. The summed E-state index contributed by atoms with van der Waals surface area (Å²) in [6.07, 6.45) is 56.7. The molecule has 10 nitrogen and oxygen atoms in total. The minimum atomic E-state index is -4.63. The van der Waals surface area contributed by atoms with E-state index >= 15 is 0 Å². The van der Waals surface area contributed by atoms with Crippen LogP contribution in [0, 0.1) is 0 Å². The fraction of sp³-hybridized carbons (Fsp3) is 0.676. The average Bonchev–Trinajstić information content (AvgIpc) is 1.73. The van der Waals surface area contributed by atoms with Crippen LogP contribution in [-0.4, -0.2) is 76.0 Å². The van der Waals surface area contributed by atoms with E-state index in [-0.39, 0.29) is 37.7 Å². The third kappa shape index (κ3) is 30.9. The van der Waals surface area contributed by atoms with Gasteiger partial charge in [-0.25, -0.2) is 16.8 Å². The summed E-state index contributed by atoms with van der Waals surface area (Å²) in [5.74, 6) is 0. The van der Waals surface area contributed by atoms with E-state index < -0.39 is 32.9 Å². The molecule has 2 heterocycles. The zero-order valence-electron chi connectivity index (χ0n) is 54.8. The van der Waals surface area contributed by atoms with Crippen molar-refractivity contribution in [1.82, 2.24) is 0 Å². The van der Waals surface area contributed by atoms with E-state index in [9.17, 15) is 25.9 Å². The summed E-state index contributed by atoms with van der Waals surface area (Å²) in [5.41, 5.74) is 4.85. The molecule has 4 aromatic rings. The Hall–Kier alpha value is -2.84. The second-order valence-electron chi connectivity index (χ2n) is 25.4. The fourth-order valence-electron chi connectivity index (χ4n) is 13.2. The predicted molar refractivity (Wildman–Crippen MR) is 370 cm³/mol. The van der Waals surface area contributed by atoms with Crippen LogP contribution in [0.5, 0.6) is 0 Å². The smallest absolute Gasteiger partial charge is 0.731 e. The Balaban J connectivity index is 0.000000368. The number of anilines is 4. The Morgan fingerprint density at radius 2 is 0.483 bits per heavy atom. The van der Waals surface area contributed by atoms with Crippen molar-refractivity contribution in [3.63, 3.8) is 0 Å². The van der Waals surface area contributed by atoms with Crippen LogP contribution >= 0.6 is 0 Å². The number of hydrogen-bond donors (Lipinski definition) is 0. The van der Waals surface area contributed by atoms with Gasteiger partial charge in [0, 0.05) is 13.1 Å². The normalized spacial score (nSPS) is 14.7. The van der Waals surface area contributed by atoms with Crippen molar-refractivity contribution in [2.24, 2.45) is 0 Å². The van der Waals surface area contributed by atoms with E-state index in [0.29, 0.717) is 37.3 Å². The van der Waals surface area contributed by atoms with E-state index in [1.807, 2.05) is 84.9 Å². The van der Waals surface area contributed by atoms with Crippen LogP contribution in [0.2, 0.25) is 0 Å². The number of nitrogens with zero attached hydrogens (tertiary/aromatic N) is 4. The standard InChI is InChI=1S/2C37H60N2O3S.Ca/c2*1-2-3-4-5-6-7-8-9-10-11-12-13-14-15-16-17-18-19-20-21-25-32-37-38(33-34-28-23-22-24-29-34)35-30-26-27-31-36(35)39(37)43(40,41)42;/h2*22-24,26-31,37H,2-21,25,32-33H2,1H3,(H,40,41,42);/q;;+2/p-2. The summed E-state index contributed by atoms with van der Waals surface area (Å²) >= 11 is 0. The molecule has 13 heteroatoms. The molecule has 87 heavy (non-hydrogen) atoms. The summed E-state index contributed by atoms with van der Waals surface area (Å²) in [5, 5.41) is 0. The van der Waals surface area contributed by atoms with E-state index in [4.69, 9.17) is 0 Å². The van der Waals surface area contributed by atoms with Crippen LogP contribution in [0.3, 0.4) is 0 Å². The fourth-order valence-corrected chi connectivity index (χ4v) is 15.1. The number of hydrogen-bond acceptors (Lipinski definition) is 8. The molecule has 4 aromatic carbocycles. The van der Waals surface area contributed by atoms with Crippen molar-refractivity contribution in [3.8, 4) is 0 Å². The number of benzene rings is 4. The van der Waals surface area contributed by atoms with Crippen LogP contribution in [0.4, 0.5) is 22.7 Å². The van der Waals surface area contributed by atoms with Crippen molar-refractivity contribution in [2.45, 2.75) is 322 Å². The van der Waals surface area contributed by atoms with E-state index in [0.717, 1.165) is 56.8 Å². The average molecular weight is 1260 g/mol. The van der Waals surface area contributed by atoms with Gasteiger partial charge in [0.25, 0.3) is 0 Å². The molecule has 2 aliphatic rings. The molecular formula is C74H118CaN4O6S2. The van der Waals surface area contributed by atoms with Gasteiger partial charge in [0.2, 0.25) is 0 Å². The van der Waals surface area contributed by atoms with E-state index in [1.54, 1.807) is 24.3 Å². The first-order chi connectivity index (χ1) is 42.0. The summed E-state index contributed by atoms with van der Waals surface area (Å²) < 4.78 is 76.4. The molecule has 0 aliphatic carbocycles. The van der Waals surface area contributed by atoms with Crippen LogP contribution in [0.25, 0.3) is 0 Å². The molecule has 0 fully saturated rings. The Morgan fingerprint density at radius 3 is 0.701 bits per heavy atom. The van der Waals surface area contributed by atoms with Crippen LogP contribution in [0.15, 0.2) is 109 Å². The van der Waals surface area contributed by atoms with Gasteiger partial charge in [-0.2, -0.15) is 0 Å². The SMILES string of the molecule is CCCCCCCCCCCCCCCCCCCCCCCC1N(Cc2ccccc2)c2ccccc2N1S(=O)(=O)[O-].CCCCCCCCCCCCCCCCCCCCCCCC1N(Cc2ccccc2)c2ccccc2N1S(=O)(=O)[O-].[Ca+2]. The minimum Gasteiger partial charge on any atom is -0.731 e. The van der Waals surface area contributed by atoms with Crippen LogP contribution in [0.1, 0.15) is 307 Å². The topological polar surface area (TPSA) is 127 Å². The van der Waals surface area contributed by atoms with Crippen molar-refractivity contribution in [2.75, 3.05) is 18.4 Å². The molecule has 0 N–H and O–H groups in total. The van der Waals surface area contributed by atoms with Gasteiger partial charge in [0.05, 0.1) is 22.7 Å². The Kier molecular flexibility index (Phi) is 41.5. The number of fused-ring (bicyclic) bond motifs is 2. The molecule has 0 aromatic heterocycles. The predicted octanol–water partition coefficient (Wildman–Crippen LogP) is 21.4. The first-order valence-electron chi connectivity index (χ1n) is 35.3. The van der Waals surface area contributed by atoms with E-state index in [2.05, 4.69) is 23.6 Å². The molecule has 6 rings (SSSR count). The van der Waals surface area contributed by atoms with Crippen molar-refractivity contribution >= 4 is 81.1 Å². The molecule has 0 radical (unpaired) electrons. The van der Waals surface area contributed by atoms with Gasteiger partial charge >= 0.3 is 37.7 Å². The molecule has 2 atom stereocenters. The van der Waals surface area contributed by atoms with Crippen molar-refractivity contribution < 1.29 is 25.9 Å². The Bertz CT molecular complexity index is 2370. The van der Waals surface area contributed by atoms with Gasteiger partial charge < -0.3 is 18.9 Å². The van der Waals surface area contributed by atoms with Gasteiger partial charge in [-0.1, -0.05) is 356 Å². The molecule has 0 saturated carbocycles. The van der Waals surface area contributed by atoms with Gasteiger partial charge in [-0.3, -0.25) is 8.61 Å². The maximum Gasteiger partial charge on any atom is 2.00 e. The monoisotopic (exact) mass is 1260 g/mol. The molecular weight excluding hydrogens is 1150 g/mol. The zero-order valence-corrected chi connectivity index (χ0v) is 58.7. The second-order valence-corrected chi connectivity index (χ2v) is 27.9. The van der Waals surface area contributed by atoms with Crippen molar-refractivity contribution in [1.29, 1.82) is 0 Å². The first-order valence-corrected chi connectivity index (χ1v) is 38.1. The van der Waals surface area contributed by atoms with Crippen molar-refractivity contribution in [3.05, 3.63) is 120 Å². The summed E-state index contributed by atoms with van der Waals surface area (Å²) in [4.78, 5) is 4.19. The molecule has 484 valence electrons. The molecule has 0 saturated heterocycles. The molecule has 0 bridgehead atoms. The summed E-state index contributed by atoms with van der Waals surface area (Å²) in [6, 6.07) is 34.9. The van der Waals surface area contributed by atoms with Gasteiger partial charge in [-0.15, -0.1) is 0 Å². The number of para-hydroxylation sites is 4. The molecule has 0 spiro atoms. The third-order valence-corrected chi connectivity index (χ3v) is 20.0. The zero-order chi connectivity index (χ0) is 61.2. The largest absolute Gasteiger partial charge is 2.00 e. The van der Waals surface area contributed by atoms with Gasteiger partial charge in [0.15, 0.2) is 20.6 Å². The van der Waals surface area contributed by atoms with Gasteiger partial charge in [-0.05, 0) is 61.1 Å². The molecule has 0 amide bonds. The molecule has 2 unspecified atom stereocenters. The quantitative estimate of drug-likeness (QED) is 0.0243. The first kappa shape index (κ1) is 76.6. The Labute approximate surface area is 563 Å². The second kappa shape index (κ2) is 47.1. The Morgan fingerprint density at radius 1 is 0.287 bits per heavy atom. The summed E-state index contributed by atoms with van der Waals surface area (Å²) in [6.45, 7) is 5.73. The van der Waals surface area contributed by atoms with Crippen LogP contribution in [-0.2, 0) is 33.7 Å². The third-order valence-electron chi connectivity index (χ3n) is 18.1. The maximum atomic E-state index is 12.4. The minimum absolute atomic E-state index is 0.